The van der Waals surface area contributed by atoms with Gasteiger partial charge in [-0.2, -0.15) is 0 Å². The predicted octanol–water partition coefficient (Wildman–Crippen LogP) is 3.27. The highest BCUT2D eigenvalue weighted by Gasteiger charge is 2.00. The molecule has 22 heavy (non-hydrogen) atoms. The molecule has 0 spiro atoms. The average molecular weight is 303 g/mol. The van der Waals surface area contributed by atoms with Gasteiger partial charge in [-0.3, -0.25) is 0 Å². The molecule has 2 aromatic rings. The van der Waals surface area contributed by atoms with E-state index in [0.29, 0.717) is 6.61 Å². The van der Waals surface area contributed by atoms with Crippen LogP contribution in [0.4, 0.5) is 4.39 Å². The van der Waals surface area contributed by atoms with Gasteiger partial charge >= 0.3 is 0 Å². The van der Waals surface area contributed by atoms with Crippen molar-refractivity contribution in [2.45, 2.75) is 32.6 Å². The van der Waals surface area contributed by atoms with Crippen LogP contribution in [0.1, 0.15) is 24.5 Å². The molecule has 0 amide bonds. The molecule has 0 fully saturated rings. The second-order valence-corrected chi connectivity index (χ2v) is 5.38. The first kappa shape index (κ1) is 16.5. The van der Waals surface area contributed by atoms with Crippen molar-refractivity contribution in [3.63, 3.8) is 0 Å². The molecule has 0 heterocycles. The maximum atomic E-state index is 12.8. The van der Waals surface area contributed by atoms with E-state index in [1.165, 1.54) is 12.1 Å². The van der Waals surface area contributed by atoms with Crippen LogP contribution >= 0.6 is 0 Å². The lowest BCUT2D eigenvalue weighted by atomic mass is 10.2. The van der Waals surface area contributed by atoms with Crippen LogP contribution in [-0.4, -0.2) is 17.8 Å². The van der Waals surface area contributed by atoms with Gasteiger partial charge in [0, 0.05) is 6.54 Å². The molecule has 4 heteroatoms. The minimum absolute atomic E-state index is 0.242. The summed E-state index contributed by atoms with van der Waals surface area (Å²) >= 11 is 0. The standard InChI is InChI=1S/C18H22FNO2/c1-14(21)9-10-20-12-16-3-2-4-18(11-16)22-13-15-5-7-17(19)8-6-15/h2-8,11,14,20-21H,9-10,12-13H2,1H3. The fraction of sp³-hybridized carbons (Fsp3) is 0.333. The van der Waals surface area contributed by atoms with E-state index < -0.39 is 0 Å². The molecular formula is C18H22FNO2. The molecule has 0 aliphatic rings. The van der Waals surface area contributed by atoms with Gasteiger partial charge in [-0.25, -0.2) is 4.39 Å². The second-order valence-electron chi connectivity index (χ2n) is 5.38. The monoisotopic (exact) mass is 303 g/mol. The number of ether oxygens (including phenoxy) is 1. The van der Waals surface area contributed by atoms with Gasteiger partial charge in [0.1, 0.15) is 18.2 Å². The van der Waals surface area contributed by atoms with E-state index in [2.05, 4.69) is 5.32 Å². The molecule has 2 aromatic carbocycles. The zero-order chi connectivity index (χ0) is 15.8. The van der Waals surface area contributed by atoms with Crippen molar-refractivity contribution >= 4 is 0 Å². The van der Waals surface area contributed by atoms with Crippen molar-refractivity contribution in [3.05, 3.63) is 65.5 Å². The maximum absolute atomic E-state index is 12.8. The molecule has 0 bridgehead atoms. The summed E-state index contributed by atoms with van der Waals surface area (Å²) in [7, 11) is 0. The largest absolute Gasteiger partial charge is 0.489 e. The average Bonchev–Trinajstić information content (AvgIpc) is 2.51. The van der Waals surface area contributed by atoms with Crippen LogP contribution < -0.4 is 10.1 Å². The Labute approximate surface area is 130 Å². The quantitative estimate of drug-likeness (QED) is 0.736. The molecule has 3 nitrogen and oxygen atoms in total. The Morgan fingerprint density at radius 3 is 2.64 bits per heavy atom. The number of halogens is 1. The Balaban J connectivity index is 1.81. The number of hydrogen-bond acceptors (Lipinski definition) is 3. The maximum Gasteiger partial charge on any atom is 0.123 e. The third-order valence-electron chi connectivity index (χ3n) is 3.29. The molecule has 0 aliphatic carbocycles. The topological polar surface area (TPSA) is 41.5 Å². The minimum atomic E-state index is -0.280. The molecule has 1 atom stereocenters. The number of hydrogen-bond donors (Lipinski definition) is 2. The van der Waals surface area contributed by atoms with Crippen LogP contribution in [0, 0.1) is 5.82 Å². The highest BCUT2D eigenvalue weighted by molar-refractivity contribution is 5.29. The normalized spacial score (nSPS) is 12.1. The van der Waals surface area contributed by atoms with Crippen molar-refractivity contribution in [1.29, 1.82) is 0 Å². The van der Waals surface area contributed by atoms with Gasteiger partial charge in [-0.15, -0.1) is 0 Å². The van der Waals surface area contributed by atoms with E-state index in [9.17, 15) is 9.50 Å². The number of aliphatic hydroxyl groups is 1. The molecule has 0 aliphatic heterocycles. The fourth-order valence-electron chi connectivity index (χ4n) is 2.04. The lowest BCUT2D eigenvalue weighted by Crippen LogP contribution is -2.18. The molecule has 2 N–H and O–H groups in total. The Bertz CT molecular complexity index is 570. The summed E-state index contributed by atoms with van der Waals surface area (Å²) in [6.45, 7) is 3.71. The van der Waals surface area contributed by atoms with Crippen molar-refractivity contribution in [2.24, 2.45) is 0 Å². The number of nitrogens with one attached hydrogen (secondary N) is 1. The molecule has 0 radical (unpaired) electrons. The van der Waals surface area contributed by atoms with Crippen molar-refractivity contribution in [1.82, 2.24) is 5.32 Å². The Morgan fingerprint density at radius 2 is 1.91 bits per heavy atom. The van der Waals surface area contributed by atoms with Gasteiger partial charge in [-0.1, -0.05) is 24.3 Å². The number of rotatable bonds is 8. The van der Waals surface area contributed by atoms with E-state index in [-0.39, 0.29) is 11.9 Å². The third-order valence-corrected chi connectivity index (χ3v) is 3.29. The van der Waals surface area contributed by atoms with E-state index >= 15 is 0 Å². The Morgan fingerprint density at radius 1 is 1.14 bits per heavy atom. The lowest BCUT2D eigenvalue weighted by Gasteiger charge is -2.10. The van der Waals surface area contributed by atoms with E-state index in [1.54, 1.807) is 19.1 Å². The molecule has 0 saturated carbocycles. The first-order valence-electron chi connectivity index (χ1n) is 7.48. The molecular weight excluding hydrogens is 281 g/mol. The van der Waals surface area contributed by atoms with Gasteiger partial charge in [0.25, 0.3) is 0 Å². The Kier molecular flexibility index (Phi) is 6.37. The summed E-state index contributed by atoms with van der Waals surface area (Å²) in [4.78, 5) is 0. The zero-order valence-electron chi connectivity index (χ0n) is 12.8. The lowest BCUT2D eigenvalue weighted by molar-refractivity contribution is 0.183. The smallest absolute Gasteiger partial charge is 0.123 e. The van der Waals surface area contributed by atoms with Crippen LogP contribution in [0.3, 0.4) is 0 Å². The van der Waals surface area contributed by atoms with Gasteiger partial charge in [0.05, 0.1) is 6.10 Å². The SMILES string of the molecule is CC(O)CCNCc1cccc(OCc2ccc(F)cc2)c1. The molecule has 2 rings (SSSR count). The van der Waals surface area contributed by atoms with Crippen LogP contribution in [0.2, 0.25) is 0 Å². The van der Waals surface area contributed by atoms with Crippen LogP contribution in [-0.2, 0) is 13.2 Å². The van der Waals surface area contributed by atoms with E-state index in [0.717, 1.165) is 36.4 Å². The van der Waals surface area contributed by atoms with Gasteiger partial charge < -0.3 is 15.2 Å². The molecule has 118 valence electrons. The van der Waals surface area contributed by atoms with Crippen molar-refractivity contribution in [3.8, 4) is 5.75 Å². The van der Waals surface area contributed by atoms with Crippen molar-refractivity contribution < 1.29 is 14.2 Å². The minimum Gasteiger partial charge on any atom is -0.489 e. The summed E-state index contributed by atoms with van der Waals surface area (Å²) in [6.07, 6.45) is 0.457. The first-order valence-corrected chi connectivity index (χ1v) is 7.48. The molecule has 0 aromatic heterocycles. The summed E-state index contributed by atoms with van der Waals surface area (Å²) in [6, 6.07) is 14.2. The first-order chi connectivity index (χ1) is 10.6. The second kappa shape index (κ2) is 8.51. The highest BCUT2D eigenvalue weighted by Crippen LogP contribution is 2.15. The number of aliphatic hydroxyl groups excluding tert-OH is 1. The molecule has 0 saturated heterocycles. The molecule has 1 unspecified atom stereocenters. The summed E-state index contributed by atoms with van der Waals surface area (Å²) in [5.74, 6) is 0.549. The van der Waals surface area contributed by atoms with Crippen molar-refractivity contribution in [2.75, 3.05) is 6.54 Å². The van der Waals surface area contributed by atoms with Crippen LogP contribution in [0.5, 0.6) is 5.75 Å². The highest BCUT2D eigenvalue weighted by atomic mass is 19.1. The van der Waals surface area contributed by atoms with E-state index in [1.807, 2.05) is 24.3 Å². The van der Waals surface area contributed by atoms with Crippen LogP contribution in [0.15, 0.2) is 48.5 Å². The van der Waals surface area contributed by atoms with Gasteiger partial charge in [0.2, 0.25) is 0 Å². The summed E-state index contributed by atoms with van der Waals surface area (Å²) < 4.78 is 18.6. The van der Waals surface area contributed by atoms with Crippen LogP contribution in [0.25, 0.3) is 0 Å². The number of benzene rings is 2. The third kappa shape index (κ3) is 5.84. The van der Waals surface area contributed by atoms with Gasteiger partial charge in [0.15, 0.2) is 0 Å². The predicted molar refractivity (Wildman–Crippen MR) is 85.2 cm³/mol. The zero-order valence-corrected chi connectivity index (χ0v) is 12.8. The fourth-order valence-corrected chi connectivity index (χ4v) is 2.04. The summed E-state index contributed by atoms with van der Waals surface area (Å²) in [5.41, 5.74) is 2.06. The summed E-state index contributed by atoms with van der Waals surface area (Å²) in [5, 5.41) is 12.5. The Hall–Kier alpha value is -1.91. The van der Waals surface area contributed by atoms with E-state index in [4.69, 9.17) is 4.74 Å². The van der Waals surface area contributed by atoms with Gasteiger partial charge in [-0.05, 0) is 55.3 Å².